The number of nitrogens with two attached hydrogens (primary N) is 1. The molecule has 0 saturated carbocycles. The molecule has 2 saturated heterocycles. The fraction of sp³-hybridized carbons (Fsp3) is 0.783. The number of hydrogen-bond acceptors (Lipinski definition) is 15. The van der Waals surface area contributed by atoms with Gasteiger partial charge >= 0.3 is 13.5 Å². The number of nitrogens with zero attached hydrogens (tertiary/aromatic N) is 6. The minimum Gasteiger partial charge on any atom is -0.382 e. The maximum atomic E-state index is 14.9. The fourth-order valence-electron chi connectivity index (χ4n) is 9.12. The van der Waals surface area contributed by atoms with Crippen LogP contribution in [0.15, 0.2) is 34.5 Å². The summed E-state index contributed by atoms with van der Waals surface area (Å²) in [6, 6.07) is 1.22. The van der Waals surface area contributed by atoms with Gasteiger partial charge in [-0.1, -0.05) is 96.8 Å². The maximum Gasteiger partial charge on any atom is 0.472 e. The summed E-state index contributed by atoms with van der Waals surface area (Å²) >= 11 is 0. The molecular weight excluding hydrogens is 888 g/mol. The van der Waals surface area contributed by atoms with Gasteiger partial charge in [-0.15, -0.1) is 0 Å². The summed E-state index contributed by atoms with van der Waals surface area (Å²) < 4.78 is 58.7. The minimum atomic E-state index is -4.70. The highest BCUT2D eigenvalue weighted by atomic mass is 31.2. The molecule has 9 atom stereocenters. The molecule has 0 spiro atoms. The van der Waals surface area contributed by atoms with Crippen LogP contribution in [0.1, 0.15) is 150 Å². The van der Waals surface area contributed by atoms with Gasteiger partial charge in [0.25, 0.3) is 5.56 Å². The van der Waals surface area contributed by atoms with E-state index in [1.807, 2.05) is 13.8 Å². The number of phosphoric ester groups is 1. The number of hydrogen-bond donors (Lipinski definition) is 3. The predicted octanol–water partition coefficient (Wildman–Crippen LogP) is 6.83. The molecule has 5 heterocycles. The number of aromatic nitrogens is 6. The van der Waals surface area contributed by atoms with Crippen LogP contribution in [0.4, 0.5) is 5.82 Å². The molecule has 21 heteroatoms. The Morgan fingerprint density at radius 3 is 2.01 bits per heavy atom. The third-order valence-electron chi connectivity index (χ3n) is 12.5. The van der Waals surface area contributed by atoms with Gasteiger partial charge in [-0.3, -0.25) is 32.8 Å². The van der Waals surface area contributed by atoms with Gasteiger partial charge in [0, 0.05) is 51.9 Å². The second kappa shape index (κ2) is 27.0. The lowest BCUT2D eigenvalue weighted by molar-refractivity contribution is -0.137. The van der Waals surface area contributed by atoms with E-state index >= 15 is 0 Å². The fourth-order valence-corrected chi connectivity index (χ4v) is 10.3. The van der Waals surface area contributed by atoms with Gasteiger partial charge in [0.15, 0.2) is 23.9 Å². The summed E-state index contributed by atoms with van der Waals surface area (Å²) in [5.74, 6) is -0.719. The van der Waals surface area contributed by atoms with Crippen molar-refractivity contribution in [3.8, 4) is 0 Å². The molecule has 378 valence electrons. The van der Waals surface area contributed by atoms with E-state index < -0.39 is 74.1 Å². The molecule has 2 fully saturated rings. The van der Waals surface area contributed by atoms with Gasteiger partial charge < -0.3 is 39.2 Å². The Hall–Kier alpha value is -3.59. The Balaban J connectivity index is 1.36. The number of fused-ring (bicyclic) bond motifs is 1. The van der Waals surface area contributed by atoms with Crippen LogP contribution in [0.3, 0.4) is 0 Å². The number of H-pyrrole nitrogens is 1. The summed E-state index contributed by atoms with van der Waals surface area (Å²) in [6.45, 7) is 9.63. The number of imidazole rings is 1. The number of carbonyl (C=O) groups is 1. The summed E-state index contributed by atoms with van der Waals surface area (Å²) in [5.41, 5.74) is 5.55. The quantitative estimate of drug-likeness (QED) is 0.0442. The molecule has 0 aromatic carbocycles. The molecule has 1 amide bonds. The molecule has 2 aliphatic rings. The summed E-state index contributed by atoms with van der Waals surface area (Å²) in [5, 5.41) is 0. The van der Waals surface area contributed by atoms with Gasteiger partial charge in [-0.25, -0.2) is 24.3 Å². The molecule has 3 aromatic rings. The number of nitrogen functional groups attached to an aromatic ring is 1. The minimum absolute atomic E-state index is 0.0644. The average Bonchev–Trinajstić information content (AvgIpc) is 3.96. The van der Waals surface area contributed by atoms with Crippen molar-refractivity contribution >= 4 is 30.7 Å². The first-order chi connectivity index (χ1) is 32.2. The Morgan fingerprint density at radius 2 is 1.43 bits per heavy atom. The topological polar surface area (TPSA) is 247 Å². The van der Waals surface area contributed by atoms with Gasteiger partial charge in [-0.05, 0) is 34.1 Å². The Morgan fingerprint density at radius 1 is 0.836 bits per heavy atom. The maximum absolute atomic E-state index is 14.9. The number of nitrogens with one attached hydrogen (secondary N) is 1. The van der Waals surface area contributed by atoms with Crippen molar-refractivity contribution in [2.75, 3.05) is 39.6 Å². The number of phosphoric acid groups is 1. The van der Waals surface area contributed by atoms with Crippen molar-refractivity contribution in [1.82, 2.24) is 34.0 Å². The smallest absolute Gasteiger partial charge is 0.382 e. The molecule has 67 heavy (non-hydrogen) atoms. The zero-order valence-electron chi connectivity index (χ0n) is 40.7. The van der Waals surface area contributed by atoms with Crippen LogP contribution in [0.2, 0.25) is 0 Å². The van der Waals surface area contributed by atoms with Crippen molar-refractivity contribution in [3.63, 3.8) is 0 Å². The van der Waals surface area contributed by atoms with Crippen LogP contribution in [-0.4, -0.2) is 121 Å². The third-order valence-corrected chi connectivity index (χ3v) is 13.7. The second-order valence-corrected chi connectivity index (χ2v) is 19.7. The number of ether oxygens (including phenoxy) is 5. The first kappa shape index (κ1) is 54.4. The monoisotopic (exact) mass is 965 g/mol. The first-order valence-corrected chi connectivity index (χ1v) is 25.9. The lowest BCUT2D eigenvalue weighted by Crippen LogP contribution is -2.46. The molecule has 0 bridgehead atoms. The van der Waals surface area contributed by atoms with Crippen LogP contribution < -0.4 is 17.0 Å². The highest BCUT2D eigenvalue weighted by molar-refractivity contribution is 7.47. The summed E-state index contributed by atoms with van der Waals surface area (Å²) in [7, 11) is -1.78. The molecule has 5 rings (SSSR count). The van der Waals surface area contributed by atoms with Crippen molar-refractivity contribution in [3.05, 3.63) is 45.8 Å². The summed E-state index contributed by atoms with van der Waals surface area (Å²) in [4.78, 5) is 67.7. The van der Waals surface area contributed by atoms with E-state index in [9.17, 15) is 23.8 Å². The highest BCUT2D eigenvalue weighted by Crippen LogP contribution is 2.50. The van der Waals surface area contributed by atoms with Crippen molar-refractivity contribution < 1.29 is 47.0 Å². The number of aromatic amines is 1. The molecule has 4 N–H and O–H groups in total. The standard InChI is InChI=1S/C46H77N8O12P/c1-8-9-10-11-12-13-14-15-16-17-18-19-20-21-22-24-52(37(56)26-33-35(28-62-31(2)3)64-44(39(33)60-6)53-25-23-36(55)51-46(53)57)27-34-40(66-67(58,59)65-32(4)5)41(61-7)45(63-34)54-30-50-38-42(47)48-29-49-43(38)54/h23,25,29-35,39-41,44-45H,8-22,24,26-28H2,1-7H3,(H,58,59)(H2,47,48,49)(H,51,55,57)/t33-,34-,35-,39-,40-,41-,44-,45-/m1/s1. The van der Waals surface area contributed by atoms with E-state index in [2.05, 4.69) is 26.9 Å². The van der Waals surface area contributed by atoms with E-state index in [1.165, 1.54) is 108 Å². The van der Waals surface area contributed by atoms with E-state index in [0.29, 0.717) is 24.1 Å². The zero-order valence-corrected chi connectivity index (χ0v) is 41.6. The Bertz CT molecular complexity index is 2120. The lowest BCUT2D eigenvalue weighted by atomic mass is 9.93. The Kier molecular flexibility index (Phi) is 21.9. The third kappa shape index (κ3) is 15.7. The van der Waals surface area contributed by atoms with Crippen LogP contribution in [-0.2, 0) is 42.1 Å². The van der Waals surface area contributed by atoms with Crippen molar-refractivity contribution in [2.45, 2.75) is 193 Å². The van der Waals surface area contributed by atoms with Gasteiger partial charge in [0.05, 0.1) is 31.2 Å². The van der Waals surface area contributed by atoms with Crippen LogP contribution >= 0.6 is 7.82 Å². The first-order valence-electron chi connectivity index (χ1n) is 24.4. The average molecular weight is 965 g/mol. The van der Waals surface area contributed by atoms with E-state index in [-0.39, 0.29) is 37.4 Å². The Labute approximate surface area is 394 Å². The number of rotatable bonds is 31. The molecule has 1 unspecified atom stereocenters. The molecule has 0 aliphatic carbocycles. The highest BCUT2D eigenvalue weighted by Gasteiger charge is 2.52. The number of unbranched alkanes of at least 4 members (excludes halogenated alkanes) is 14. The van der Waals surface area contributed by atoms with E-state index in [0.717, 1.165) is 25.7 Å². The predicted molar refractivity (Wildman–Crippen MR) is 252 cm³/mol. The van der Waals surface area contributed by atoms with Gasteiger partial charge in [0.2, 0.25) is 5.91 Å². The SMILES string of the molecule is CCCCCCCCCCCCCCCCCN(C[C@H]1O[C@@H](n2cnc3c(N)ncnc32)[C@H](OC)[C@@H]1OP(=O)(O)OC(C)C)C(=O)C[C@H]1[C@@H](OC)[C@H](n2ccc(=O)[nH]c2=O)O[C@@H]1COC(C)C. The van der Waals surface area contributed by atoms with Crippen LogP contribution in [0.5, 0.6) is 0 Å². The number of amides is 1. The number of anilines is 1. The van der Waals surface area contributed by atoms with E-state index in [4.69, 9.17) is 38.5 Å². The largest absolute Gasteiger partial charge is 0.472 e. The van der Waals surface area contributed by atoms with Gasteiger partial charge in [-0.2, -0.15) is 0 Å². The number of methoxy groups -OCH3 is 2. The molecule has 0 radical (unpaired) electrons. The normalized spacial score (nSPS) is 24.0. The molecular formula is C46H77N8O12P. The molecule has 2 aliphatic heterocycles. The molecule has 20 nitrogen and oxygen atoms in total. The second-order valence-electron chi connectivity index (χ2n) is 18.4. The summed E-state index contributed by atoms with van der Waals surface area (Å²) in [6.07, 6.45) is 14.4. The number of carbonyl (C=O) groups excluding carboxylic acids is 1. The van der Waals surface area contributed by atoms with E-state index in [1.54, 1.807) is 23.3 Å². The van der Waals surface area contributed by atoms with Crippen LogP contribution in [0.25, 0.3) is 11.2 Å². The van der Waals surface area contributed by atoms with Crippen molar-refractivity contribution in [1.29, 1.82) is 0 Å². The lowest BCUT2D eigenvalue weighted by Gasteiger charge is -2.31. The van der Waals surface area contributed by atoms with Gasteiger partial charge in [0.1, 0.15) is 36.3 Å². The zero-order chi connectivity index (χ0) is 48.5. The van der Waals surface area contributed by atoms with Crippen molar-refractivity contribution in [2.24, 2.45) is 5.92 Å². The van der Waals surface area contributed by atoms with Crippen LogP contribution in [0, 0.1) is 5.92 Å². The molecule has 3 aromatic heterocycles.